The van der Waals surface area contributed by atoms with Gasteiger partial charge in [0.05, 0.1) is 13.0 Å². The minimum atomic E-state index is -0.136. The molecule has 1 aliphatic rings. The highest BCUT2D eigenvalue weighted by Gasteiger charge is 2.28. The van der Waals surface area contributed by atoms with Gasteiger partial charge >= 0.3 is 5.97 Å². The molecule has 1 rings (SSSR count). The standard InChI is InChI=1S/C16H26O3/c1-11(2)10-19-16(18)9-15-7-5-6-14(13(15)4)8-12(3)17/h11,14-15H,4-10H2,1-3H3/t14?,15-/m0/s1. The largest absolute Gasteiger partial charge is 0.465 e. The van der Waals surface area contributed by atoms with E-state index in [1.807, 2.05) is 13.8 Å². The van der Waals surface area contributed by atoms with Gasteiger partial charge in [0.15, 0.2) is 0 Å². The van der Waals surface area contributed by atoms with Crippen molar-refractivity contribution in [1.82, 2.24) is 0 Å². The molecule has 0 aliphatic heterocycles. The number of allylic oxidation sites excluding steroid dienone is 1. The van der Waals surface area contributed by atoms with Gasteiger partial charge in [-0.3, -0.25) is 4.79 Å². The predicted molar refractivity (Wildman–Crippen MR) is 75.7 cm³/mol. The molecule has 0 spiro atoms. The fourth-order valence-electron chi connectivity index (χ4n) is 2.65. The zero-order valence-corrected chi connectivity index (χ0v) is 12.4. The lowest BCUT2D eigenvalue weighted by Gasteiger charge is -2.31. The van der Waals surface area contributed by atoms with Gasteiger partial charge in [-0.1, -0.05) is 32.4 Å². The number of hydrogen-bond acceptors (Lipinski definition) is 3. The first kappa shape index (κ1) is 15.9. The van der Waals surface area contributed by atoms with Crippen molar-refractivity contribution in [2.75, 3.05) is 6.61 Å². The van der Waals surface area contributed by atoms with Crippen LogP contribution in [0.5, 0.6) is 0 Å². The van der Waals surface area contributed by atoms with Gasteiger partial charge in [-0.15, -0.1) is 0 Å². The third-order valence-electron chi connectivity index (χ3n) is 3.68. The third-order valence-corrected chi connectivity index (χ3v) is 3.68. The molecular formula is C16H26O3. The molecular weight excluding hydrogens is 240 g/mol. The Labute approximate surface area is 116 Å². The van der Waals surface area contributed by atoms with Crippen molar-refractivity contribution >= 4 is 11.8 Å². The second-order valence-corrected chi connectivity index (χ2v) is 6.09. The van der Waals surface area contributed by atoms with Crippen molar-refractivity contribution in [1.29, 1.82) is 0 Å². The zero-order chi connectivity index (χ0) is 14.4. The SMILES string of the molecule is C=C1C(CC(C)=O)CCC[C@H]1CC(=O)OCC(C)C. The molecule has 0 aromatic rings. The summed E-state index contributed by atoms with van der Waals surface area (Å²) in [6.45, 7) is 10.3. The van der Waals surface area contributed by atoms with Crippen molar-refractivity contribution in [2.24, 2.45) is 17.8 Å². The average Bonchev–Trinajstić information content (AvgIpc) is 2.31. The summed E-state index contributed by atoms with van der Waals surface area (Å²) in [6, 6.07) is 0. The number of ether oxygens (including phenoxy) is 1. The summed E-state index contributed by atoms with van der Waals surface area (Å²) in [4.78, 5) is 23.0. The maximum Gasteiger partial charge on any atom is 0.306 e. The monoisotopic (exact) mass is 266 g/mol. The summed E-state index contributed by atoms with van der Waals surface area (Å²) < 4.78 is 5.22. The van der Waals surface area contributed by atoms with E-state index in [0.717, 1.165) is 24.8 Å². The van der Waals surface area contributed by atoms with Crippen LogP contribution in [0.4, 0.5) is 0 Å². The smallest absolute Gasteiger partial charge is 0.306 e. The molecule has 0 amide bonds. The van der Waals surface area contributed by atoms with E-state index in [4.69, 9.17) is 4.74 Å². The number of Topliss-reactive ketones (excluding diaryl/α,β-unsaturated/α-hetero) is 1. The van der Waals surface area contributed by atoms with Gasteiger partial charge in [0, 0.05) is 6.42 Å². The van der Waals surface area contributed by atoms with Crippen LogP contribution < -0.4 is 0 Å². The van der Waals surface area contributed by atoms with Crippen molar-refractivity contribution in [3.63, 3.8) is 0 Å². The van der Waals surface area contributed by atoms with E-state index < -0.39 is 0 Å². The number of carbonyl (C=O) groups excluding carboxylic acids is 2. The first-order valence-corrected chi connectivity index (χ1v) is 7.24. The molecule has 0 radical (unpaired) electrons. The van der Waals surface area contributed by atoms with Crippen molar-refractivity contribution in [3.8, 4) is 0 Å². The Morgan fingerprint density at radius 1 is 1.26 bits per heavy atom. The predicted octanol–water partition coefficient (Wildman–Crippen LogP) is 3.53. The molecule has 0 heterocycles. The topological polar surface area (TPSA) is 43.4 Å². The van der Waals surface area contributed by atoms with Gasteiger partial charge in [-0.25, -0.2) is 0 Å². The molecule has 3 nitrogen and oxygen atoms in total. The first-order chi connectivity index (χ1) is 8.90. The summed E-state index contributed by atoms with van der Waals surface area (Å²) in [6.07, 6.45) is 4.06. The maximum atomic E-state index is 11.8. The molecule has 1 unspecified atom stereocenters. The normalized spacial score (nSPS) is 23.5. The van der Waals surface area contributed by atoms with Gasteiger partial charge in [0.25, 0.3) is 0 Å². The Hall–Kier alpha value is -1.12. The second kappa shape index (κ2) is 7.46. The molecule has 3 heteroatoms. The highest BCUT2D eigenvalue weighted by Crippen LogP contribution is 2.37. The highest BCUT2D eigenvalue weighted by atomic mass is 16.5. The first-order valence-electron chi connectivity index (χ1n) is 7.24. The van der Waals surface area contributed by atoms with Crippen LogP contribution in [0, 0.1) is 17.8 Å². The fraction of sp³-hybridized carbons (Fsp3) is 0.750. The van der Waals surface area contributed by atoms with E-state index in [2.05, 4.69) is 6.58 Å². The van der Waals surface area contributed by atoms with Gasteiger partial charge in [0.1, 0.15) is 5.78 Å². The van der Waals surface area contributed by atoms with E-state index in [1.54, 1.807) is 6.92 Å². The van der Waals surface area contributed by atoms with E-state index in [1.165, 1.54) is 0 Å². The Morgan fingerprint density at radius 2 is 1.84 bits per heavy atom. The zero-order valence-electron chi connectivity index (χ0n) is 12.4. The van der Waals surface area contributed by atoms with Crippen molar-refractivity contribution in [3.05, 3.63) is 12.2 Å². The van der Waals surface area contributed by atoms with E-state index in [-0.39, 0.29) is 23.6 Å². The molecule has 108 valence electrons. The van der Waals surface area contributed by atoms with Crippen LogP contribution in [0.1, 0.15) is 52.9 Å². The Balaban J connectivity index is 2.46. The number of ketones is 1. The molecule has 0 bridgehead atoms. The van der Waals surface area contributed by atoms with Gasteiger partial charge < -0.3 is 9.53 Å². The summed E-state index contributed by atoms with van der Waals surface area (Å²) >= 11 is 0. The molecule has 0 saturated heterocycles. The lowest BCUT2D eigenvalue weighted by atomic mass is 9.74. The molecule has 0 aromatic carbocycles. The van der Waals surface area contributed by atoms with Crippen LogP contribution in [0.2, 0.25) is 0 Å². The van der Waals surface area contributed by atoms with Gasteiger partial charge in [-0.05, 0) is 37.5 Å². The summed E-state index contributed by atoms with van der Waals surface area (Å²) in [7, 11) is 0. The molecule has 1 fully saturated rings. The summed E-state index contributed by atoms with van der Waals surface area (Å²) in [5, 5.41) is 0. The van der Waals surface area contributed by atoms with Crippen molar-refractivity contribution < 1.29 is 14.3 Å². The number of esters is 1. The molecule has 0 N–H and O–H groups in total. The van der Waals surface area contributed by atoms with Crippen LogP contribution in [-0.2, 0) is 14.3 Å². The molecule has 0 aromatic heterocycles. The number of rotatable bonds is 6. The average molecular weight is 266 g/mol. The van der Waals surface area contributed by atoms with Crippen LogP contribution in [0.3, 0.4) is 0 Å². The number of carbonyl (C=O) groups is 2. The van der Waals surface area contributed by atoms with E-state index in [0.29, 0.717) is 25.4 Å². The van der Waals surface area contributed by atoms with Gasteiger partial charge in [0.2, 0.25) is 0 Å². The molecule has 1 aliphatic carbocycles. The summed E-state index contributed by atoms with van der Waals surface area (Å²) in [5.74, 6) is 0.883. The Morgan fingerprint density at radius 3 is 2.37 bits per heavy atom. The minimum Gasteiger partial charge on any atom is -0.465 e. The van der Waals surface area contributed by atoms with Crippen LogP contribution in [0.25, 0.3) is 0 Å². The fourth-order valence-corrected chi connectivity index (χ4v) is 2.65. The quantitative estimate of drug-likeness (QED) is 0.545. The number of hydrogen-bond donors (Lipinski definition) is 0. The second-order valence-electron chi connectivity index (χ2n) is 6.09. The summed E-state index contributed by atoms with van der Waals surface area (Å²) in [5.41, 5.74) is 1.07. The lowest BCUT2D eigenvalue weighted by molar-refractivity contribution is -0.145. The highest BCUT2D eigenvalue weighted by molar-refractivity contribution is 5.76. The molecule has 19 heavy (non-hydrogen) atoms. The van der Waals surface area contributed by atoms with Crippen LogP contribution in [0.15, 0.2) is 12.2 Å². The molecule has 1 saturated carbocycles. The van der Waals surface area contributed by atoms with Crippen LogP contribution in [-0.4, -0.2) is 18.4 Å². The molecule has 2 atom stereocenters. The Kier molecular flexibility index (Phi) is 6.26. The Bertz CT molecular complexity index is 344. The van der Waals surface area contributed by atoms with Crippen molar-refractivity contribution in [2.45, 2.75) is 52.9 Å². The minimum absolute atomic E-state index is 0.136. The van der Waals surface area contributed by atoms with E-state index >= 15 is 0 Å². The van der Waals surface area contributed by atoms with Gasteiger partial charge in [-0.2, -0.15) is 0 Å². The lowest BCUT2D eigenvalue weighted by Crippen LogP contribution is -2.24. The maximum absolute atomic E-state index is 11.8. The van der Waals surface area contributed by atoms with Crippen LogP contribution >= 0.6 is 0 Å². The third kappa shape index (κ3) is 5.58. The van der Waals surface area contributed by atoms with E-state index in [9.17, 15) is 9.59 Å².